The van der Waals surface area contributed by atoms with Crippen molar-refractivity contribution in [2.75, 3.05) is 7.11 Å². The number of nitrogens with zero attached hydrogens (tertiary/aromatic N) is 1. The summed E-state index contributed by atoms with van der Waals surface area (Å²) >= 11 is 0. The average molecular weight is 315 g/mol. The maximum absolute atomic E-state index is 11.8. The van der Waals surface area contributed by atoms with Crippen molar-refractivity contribution in [3.8, 4) is 11.5 Å². The molecule has 0 aliphatic carbocycles. The van der Waals surface area contributed by atoms with Gasteiger partial charge in [0.25, 0.3) is 5.69 Å². The van der Waals surface area contributed by atoms with E-state index < -0.39 is 10.9 Å². The van der Waals surface area contributed by atoms with Crippen LogP contribution in [0, 0.1) is 10.1 Å². The number of esters is 1. The van der Waals surface area contributed by atoms with Crippen LogP contribution < -0.4 is 4.74 Å². The zero-order valence-corrected chi connectivity index (χ0v) is 12.4. The van der Waals surface area contributed by atoms with E-state index in [4.69, 9.17) is 4.74 Å². The van der Waals surface area contributed by atoms with Gasteiger partial charge in [0.2, 0.25) is 0 Å². The molecule has 0 bridgehead atoms. The van der Waals surface area contributed by atoms with Crippen molar-refractivity contribution in [3.63, 3.8) is 0 Å². The highest BCUT2D eigenvalue weighted by Crippen LogP contribution is 2.29. The molecule has 0 saturated heterocycles. The fourth-order valence-electron chi connectivity index (χ4n) is 1.87. The molecule has 0 saturated carbocycles. The van der Waals surface area contributed by atoms with Gasteiger partial charge >= 0.3 is 5.97 Å². The summed E-state index contributed by atoms with van der Waals surface area (Å²) in [6, 6.07) is 9.94. The number of non-ortho nitro benzene ring substituents is 1. The molecule has 0 heterocycles. The zero-order valence-electron chi connectivity index (χ0n) is 12.4. The number of carbonyl (C=O) groups excluding carboxylic acids is 2. The minimum atomic E-state index is -0.746. The molecule has 0 aliphatic rings. The minimum absolute atomic E-state index is 0.0580. The monoisotopic (exact) mass is 315 g/mol. The molecule has 0 atom stereocenters. The van der Waals surface area contributed by atoms with Gasteiger partial charge in [0, 0.05) is 17.7 Å². The molecule has 0 spiro atoms. The van der Waals surface area contributed by atoms with Crippen LogP contribution in [0.2, 0.25) is 0 Å². The molecule has 2 rings (SSSR count). The molecule has 0 N–H and O–H groups in total. The van der Waals surface area contributed by atoms with Gasteiger partial charge in [0.05, 0.1) is 12.0 Å². The summed E-state index contributed by atoms with van der Waals surface area (Å²) in [6.45, 7) is 1.45. The first-order chi connectivity index (χ1) is 10.9. The lowest BCUT2D eigenvalue weighted by Gasteiger charge is -2.10. The van der Waals surface area contributed by atoms with Crippen LogP contribution >= 0.6 is 0 Å². The average Bonchev–Trinajstić information content (AvgIpc) is 2.54. The largest absolute Gasteiger partial charge is 0.465 e. The standard InChI is InChI=1S/C16H13NO6/c1-10(18)11-3-6-13(7-4-11)23-15-8-5-12(17(20)21)9-14(15)16(19)22-2/h3-9H,1-2H3. The van der Waals surface area contributed by atoms with Crippen molar-refractivity contribution in [2.45, 2.75) is 6.92 Å². The van der Waals surface area contributed by atoms with Gasteiger partial charge in [-0.05, 0) is 37.3 Å². The predicted molar refractivity (Wildman–Crippen MR) is 81.0 cm³/mol. The number of nitro benzene ring substituents is 1. The maximum atomic E-state index is 11.8. The van der Waals surface area contributed by atoms with E-state index in [0.29, 0.717) is 11.3 Å². The van der Waals surface area contributed by atoms with E-state index in [1.165, 1.54) is 26.2 Å². The van der Waals surface area contributed by atoms with Crippen molar-refractivity contribution >= 4 is 17.4 Å². The van der Waals surface area contributed by atoms with E-state index in [0.717, 1.165) is 6.07 Å². The first-order valence-electron chi connectivity index (χ1n) is 6.58. The van der Waals surface area contributed by atoms with Crippen LogP contribution in [-0.4, -0.2) is 23.8 Å². The third-order valence-electron chi connectivity index (χ3n) is 3.07. The molecule has 0 radical (unpaired) electrons. The number of rotatable bonds is 5. The smallest absolute Gasteiger partial charge is 0.341 e. The topological polar surface area (TPSA) is 95.7 Å². The van der Waals surface area contributed by atoms with E-state index in [1.807, 2.05) is 0 Å². The number of benzene rings is 2. The Morgan fingerprint density at radius 2 is 1.74 bits per heavy atom. The molecular weight excluding hydrogens is 302 g/mol. The molecule has 2 aromatic carbocycles. The van der Waals surface area contributed by atoms with Gasteiger partial charge in [0.15, 0.2) is 5.78 Å². The summed E-state index contributed by atoms with van der Waals surface area (Å²) in [5.41, 5.74) is 0.219. The SMILES string of the molecule is COC(=O)c1cc([N+](=O)[O-])ccc1Oc1ccc(C(C)=O)cc1. The summed E-state index contributed by atoms with van der Waals surface area (Å²) < 4.78 is 10.2. The van der Waals surface area contributed by atoms with Gasteiger partial charge in [-0.3, -0.25) is 14.9 Å². The molecule has 118 valence electrons. The van der Waals surface area contributed by atoms with Crippen LogP contribution in [0.15, 0.2) is 42.5 Å². The molecular formula is C16H13NO6. The van der Waals surface area contributed by atoms with Gasteiger partial charge in [-0.2, -0.15) is 0 Å². The maximum Gasteiger partial charge on any atom is 0.341 e. The number of ether oxygens (including phenoxy) is 2. The number of hydrogen-bond donors (Lipinski definition) is 0. The number of hydrogen-bond acceptors (Lipinski definition) is 6. The lowest BCUT2D eigenvalue weighted by Crippen LogP contribution is -2.05. The van der Waals surface area contributed by atoms with E-state index in [2.05, 4.69) is 4.74 Å². The number of Topliss-reactive ketones (excluding diaryl/α,β-unsaturated/α-hetero) is 1. The van der Waals surface area contributed by atoms with Gasteiger partial charge in [0.1, 0.15) is 17.1 Å². The van der Waals surface area contributed by atoms with Crippen LogP contribution in [-0.2, 0) is 4.74 Å². The van der Waals surface area contributed by atoms with Crippen LogP contribution in [0.5, 0.6) is 11.5 Å². The van der Waals surface area contributed by atoms with Crippen LogP contribution in [0.3, 0.4) is 0 Å². The summed E-state index contributed by atoms with van der Waals surface area (Å²) in [5, 5.41) is 10.8. The second-order valence-electron chi connectivity index (χ2n) is 4.61. The Hall–Kier alpha value is -3.22. The van der Waals surface area contributed by atoms with Gasteiger partial charge in [-0.15, -0.1) is 0 Å². The van der Waals surface area contributed by atoms with Crippen molar-refractivity contribution in [2.24, 2.45) is 0 Å². The van der Waals surface area contributed by atoms with Gasteiger partial charge < -0.3 is 9.47 Å². The van der Waals surface area contributed by atoms with Crippen molar-refractivity contribution in [3.05, 3.63) is 63.7 Å². The Morgan fingerprint density at radius 1 is 1.09 bits per heavy atom. The molecule has 0 aromatic heterocycles. The Labute approximate surface area is 131 Å². The molecule has 2 aromatic rings. The Balaban J connectivity index is 2.36. The zero-order chi connectivity index (χ0) is 17.0. The van der Waals surface area contributed by atoms with Crippen molar-refractivity contribution < 1.29 is 24.0 Å². The lowest BCUT2D eigenvalue weighted by atomic mass is 10.1. The van der Waals surface area contributed by atoms with Gasteiger partial charge in [-0.1, -0.05) is 0 Å². The Morgan fingerprint density at radius 3 is 2.26 bits per heavy atom. The fraction of sp³-hybridized carbons (Fsp3) is 0.125. The summed E-state index contributed by atoms with van der Waals surface area (Å²) in [4.78, 5) is 33.2. The van der Waals surface area contributed by atoms with E-state index in [1.54, 1.807) is 24.3 Å². The number of methoxy groups -OCH3 is 1. The summed E-state index contributed by atoms with van der Waals surface area (Å²) in [6.07, 6.45) is 0. The molecule has 0 amide bonds. The van der Waals surface area contributed by atoms with Crippen molar-refractivity contribution in [1.82, 2.24) is 0 Å². The molecule has 23 heavy (non-hydrogen) atoms. The first kappa shape index (κ1) is 16.2. The van der Waals surface area contributed by atoms with Crippen LogP contribution in [0.25, 0.3) is 0 Å². The molecule has 7 nitrogen and oxygen atoms in total. The van der Waals surface area contributed by atoms with E-state index >= 15 is 0 Å². The fourth-order valence-corrected chi connectivity index (χ4v) is 1.87. The van der Waals surface area contributed by atoms with E-state index in [-0.39, 0.29) is 22.8 Å². The molecule has 7 heteroatoms. The third-order valence-corrected chi connectivity index (χ3v) is 3.07. The summed E-state index contributed by atoms with van der Waals surface area (Å²) in [7, 11) is 1.17. The van der Waals surface area contributed by atoms with Gasteiger partial charge in [-0.25, -0.2) is 4.79 Å². The third kappa shape index (κ3) is 3.70. The highest BCUT2D eigenvalue weighted by molar-refractivity contribution is 5.94. The molecule has 0 unspecified atom stereocenters. The predicted octanol–water partition coefficient (Wildman–Crippen LogP) is 3.38. The normalized spacial score (nSPS) is 10.0. The Kier molecular flexibility index (Phi) is 4.70. The number of ketones is 1. The summed E-state index contributed by atoms with van der Waals surface area (Å²) in [5.74, 6) is -0.321. The quantitative estimate of drug-likeness (QED) is 0.363. The highest BCUT2D eigenvalue weighted by atomic mass is 16.6. The number of carbonyl (C=O) groups is 2. The highest BCUT2D eigenvalue weighted by Gasteiger charge is 2.19. The second-order valence-corrected chi connectivity index (χ2v) is 4.61. The van der Waals surface area contributed by atoms with Crippen LogP contribution in [0.4, 0.5) is 5.69 Å². The Bertz CT molecular complexity index is 767. The van der Waals surface area contributed by atoms with Crippen LogP contribution in [0.1, 0.15) is 27.6 Å². The molecule has 0 fully saturated rings. The lowest BCUT2D eigenvalue weighted by molar-refractivity contribution is -0.384. The first-order valence-corrected chi connectivity index (χ1v) is 6.58. The minimum Gasteiger partial charge on any atom is -0.465 e. The second kappa shape index (κ2) is 6.69. The molecule has 0 aliphatic heterocycles. The number of nitro groups is 1. The van der Waals surface area contributed by atoms with Crippen molar-refractivity contribution in [1.29, 1.82) is 0 Å². The van der Waals surface area contributed by atoms with E-state index in [9.17, 15) is 19.7 Å².